The average molecular weight is 460 g/mol. The van der Waals surface area contributed by atoms with Crippen LogP contribution in [-0.2, 0) is 4.79 Å². The van der Waals surface area contributed by atoms with Crippen LogP contribution < -0.4 is 10.1 Å². The molecule has 29 heavy (non-hydrogen) atoms. The highest BCUT2D eigenvalue weighted by Crippen LogP contribution is 2.43. The summed E-state index contributed by atoms with van der Waals surface area (Å²) in [6.07, 6.45) is 0. The second-order valence-electron chi connectivity index (χ2n) is 7.24. The van der Waals surface area contributed by atoms with Gasteiger partial charge in [-0.15, -0.1) is 0 Å². The van der Waals surface area contributed by atoms with Crippen LogP contribution in [0.2, 0.25) is 0 Å². The lowest BCUT2D eigenvalue weighted by Crippen LogP contribution is -2.73. The van der Waals surface area contributed by atoms with Gasteiger partial charge in [0.25, 0.3) is 0 Å². The number of ether oxygens (including phenoxy) is 1. The first-order valence-electron chi connectivity index (χ1n) is 9.39. The van der Waals surface area contributed by atoms with Gasteiger partial charge in [-0.3, -0.25) is 4.79 Å². The van der Waals surface area contributed by atoms with E-state index in [1.54, 1.807) is 36.3 Å². The molecule has 0 aliphatic carbocycles. The number of halogens is 1. The molecule has 2 aromatic rings. The largest absolute Gasteiger partial charge is 0.497 e. The van der Waals surface area contributed by atoms with Gasteiger partial charge in [-0.1, -0.05) is 34.1 Å². The molecule has 8 heteroatoms. The van der Waals surface area contributed by atoms with Crippen LogP contribution in [0.5, 0.6) is 5.75 Å². The van der Waals surface area contributed by atoms with E-state index in [0.29, 0.717) is 18.0 Å². The lowest BCUT2D eigenvalue weighted by atomic mass is 9.74. The van der Waals surface area contributed by atoms with Crippen LogP contribution in [0.15, 0.2) is 53.0 Å². The zero-order valence-corrected chi connectivity index (χ0v) is 17.5. The molecule has 2 aliphatic heterocycles. The second-order valence-corrected chi connectivity index (χ2v) is 8.15. The van der Waals surface area contributed by atoms with Gasteiger partial charge in [0.05, 0.1) is 25.8 Å². The molecule has 2 saturated heterocycles. The van der Waals surface area contributed by atoms with Gasteiger partial charge >= 0.3 is 6.03 Å². The van der Waals surface area contributed by atoms with Gasteiger partial charge in [-0.05, 0) is 29.8 Å². The Balaban J connectivity index is 1.51. The van der Waals surface area contributed by atoms with E-state index in [2.05, 4.69) is 21.2 Å². The van der Waals surface area contributed by atoms with Crippen LogP contribution >= 0.6 is 15.9 Å². The maximum absolute atomic E-state index is 12.8. The van der Waals surface area contributed by atoms with Crippen molar-refractivity contribution in [1.82, 2.24) is 9.80 Å². The van der Waals surface area contributed by atoms with Crippen LogP contribution in [0.1, 0.15) is 11.5 Å². The van der Waals surface area contributed by atoms with Crippen molar-refractivity contribution >= 4 is 33.6 Å². The Kier molecular flexibility index (Phi) is 5.47. The van der Waals surface area contributed by atoms with Crippen molar-refractivity contribution in [2.75, 3.05) is 32.1 Å². The highest BCUT2D eigenvalue weighted by Gasteiger charge is 2.54. The molecule has 3 amide bonds. The van der Waals surface area contributed by atoms with Crippen LogP contribution in [0, 0.1) is 0 Å². The minimum absolute atomic E-state index is 0.00411. The summed E-state index contributed by atoms with van der Waals surface area (Å²) in [6.45, 7) is 0.313. The summed E-state index contributed by atoms with van der Waals surface area (Å²) in [5, 5.41) is 12.7. The molecule has 4 rings (SSSR count). The third kappa shape index (κ3) is 3.70. The number of nitrogens with zero attached hydrogens (tertiary/aromatic N) is 2. The average Bonchev–Trinajstić information content (AvgIpc) is 2.71. The fraction of sp³-hybridized carbons (Fsp3) is 0.333. The van der Waals surface area contributed by atoms with Crippen LogP contribution in [0.3, 0.4) is 0 Å². The Labute approximate surface area is 177 Å². The maximum Gasteiger partial charge on any atom is 0.322 e. The van der Waals surface area contributed by atoms with Crippen molar-refractivity contribution in [3.05, 3.63) is 58.6 Å². The molecule has 0 aromatic heterocycles. The zero-order chi connectivity index (χ0) is 20.5. The quantitative estimate of drug-likeness (QED) is 0.736. The molecule has 0 radical (unpaired) electrons. The Hall–Kier alpha value is -2.58. The van der Waals surface area contributed by atoms with E-state index in [4.69, 9.17) is 4.74 Å². The normalized spacial score (nSPS) is 23.3. The van der Waals surface area contributed by atoms with E-state index in [1.165, 1.54) is 4.90 Å². The molecule has 0 saturated carbocycles. The number of nitrogens with one attached hydrogen (secondary N) is 1. The SMILES string of the molecule is COc1cccc(NC(=O)N2CC(=O)N3[C@H](C2)[C@H](c2ccc(Br)cc2)[C@@H]3CO)c1. The topological polar surface area (TPSA) is 82.1 Å². The number of fused-ring (bicyclic) bond motifs is 1. The molecule has 7 nitrogen and oxygen atoms in total. The van der Waals surface area contributed by atoms with Crippen LogP contribution in [-0.4, -0.2) is 65.7 Å². The Morgan fingerprint density at radius 2 is 2.03 bits per heavy atom. The van der Waals surface area contributed by atoms with Gasteiger partial charge < -0.3 is 25.0 Å². The number of anilines is 1. The highest BCUT2D eigenvalue weighted by molar-refractivity contribution is 9.10. The number of aliphatic hydroxyl groups excluding tert-OH is 1. The minimum Gasteiger partial charge on any atom is -0.497 e. The van der Waals surface area contributed by atoms with Gasteiger partial charge in [0, 0.05) is 28.7 Å². The lowest BCUT2D eigenvalue weighted by molar-refractivity contribution is -0.159. The van der Waals surface area contributed by atoms with E-state index >= 15 is 0 Å². The van der Waals surface area contributed by atoms with Crippen LogP contribution in [0.4, 0.5) is 10.5 Å². The number of rotatable bonds is 4. The molecule has 152 valence electrons. The van der Waals surface area contributed by atoms with E-state index < -0.39 is 0 Å². The molecule has 0 spiro atoms. The Morgan fingerprint density at radius 3 is 2.72 bits per heavy atom. The fourth-order valence-corrected chi connectivity index (χ4v) is 4.51. The minimum atomic E-state index is -0.326. The second kappa shape index (κ2) is 8.04. The number of hydrogen-bond acceptors (Lipinski definition) is 4. The van der Waals surface area contributed by atoms with Gasteiger partial charge in [-0.25, -0.2) is 4.79 Å². The molecule has 2 N–H and O–H groups in total. The summed E-state index contributed by atoms with van der Waals surface area (Å²) in [5.74, 6) is 0.489. The molecule has 2 aromatic carbocycles. The molecular formula is C21H22BrN3O4. The molecule has 2 fully saturated rings. The summed E-state index contributed by atoms with van der Waals surface area (Å²) >= 11 is 3.43. The van der Waals surface area contributed by atoms with Gasteiger partial charge in [0.2, 0.25) is 5.91 Å². The van der Waals surface area contributed by atoms with E-state index in [9.17, 15) is 14.7 Å². The van der Waals surface area contributed by atoms with Gasteiger partial charge in [0.1, 0.15) is 12.3 Å². The smallest absolute Gasteiger partial charge is 0.322 e. The van der Waals surface area contributed by atoms with Crippen molar-refractivity contribution in [2.45, 2.75) is 18.0 Å². The summed E-state index contributed by atoms with van der Waals surface area (Å²) in [6, 6.07) is 14.2. The summed E-state index contributed by atoms with van der Waals surface area (Å²) in [5.41, 5.74) is 1.66. The third-order valence-corrected chi connectivity index (χ3v) is 6.14. The predicted octanol–water partition coefficient (Wildman–Crippen LogP) is 2.66. The zero-order valence-electron chi connectivity index (χ0n) is 15.9. The third-order valence-electron chi connectivity index (χ3n) is 5.62. The number of carbonyl (C=O) groups is 2. The first-order chi connectivity index (χ1) is 14.0. The summed E-state index contributed by atoms with van der Waals surface area (Å²) < 4.78 is 6.15. The monoisotopic (exact) mass is 459 g/mol. The van der Waals surface area contributed by atoms with Crippen molar-refractivity contribution < 1.29 is 19.4 Å². The molecule has 2 heterocycles. The van der Waals surface area contributed by atoms with Crippen molar-refractivity contribution in [3.63, 3.8) is 0 Å². The lowest BCUT2D eigenvalue weighted by Gasteiger charge is -2.58. The summed E-state index contributed by atoms with van der Waals surface area (Å²) in [7, 11) is 1.56. The summed E-state index contributed by atoms with van der Waals surface area (Å²) in [4.78, 5) is 28.7. The van der Waals surface area contributed by atoms with E-state index in [1.807, 2.05) is 24.3 Å². The maximum atomic E-state index is 12.8. The van der Waals surface area contributed by atoms with Crippen molar-refractivity contribution in [2.24, 2.45) is 0 Å². The molecular weight excluding hydrogens is 438 g/mol. The molecule has 3 atom stereocenters. The van der Waals surface area contributed by atoms with Gasteiger partial charge in [0.15, 0.2) is 0 Å². The van der Waals surface area contributed by atoms with Crippen LogP contribution in [0.25, 0.3) is 0 Å². The first kappa shape index (κ1) is 19.7. The Bertz CT molecular complexity index is 920. The standard InChI is InChI=1S/C21H22BrN3O4/c1-29-16-4-2-3-15(9-16)23-21(28)24-10-17-20(13-5-7-14(22)8-6-13)18(12-26)25(17)19(27)11-24/h2-9,17-18,20,26H,10-12H2,1H3,(H,23,28)/t17-,18+,20+/m1/s1. The fourth-order valence-electron chi connectivity index (χ4n) is 4.24. The van der Waals surface area contributed by atoms with Crippen molar-refractivity contribution in [3.8, 4) is 5.75 Å². The number of piperazine rings is 1. The van der Waals surface area contributed by atoms with Gasteiger partial charge in [-0.2, -0.15) is 0 Å². The highest BCUT2D eigenvalue weighted by atomic mass is 79.9. The number of methoxy groups -OCH3 is 1. The van der Waals surface area contributed by atoms with E-state index in [-0.39, 0.29) is 43.1 Å². The van der Waals surface area contributed by atoms with Crippen molar-refractivity contribution in [1.29, 1.82) is 0 Å². The molecule has 0 bridgehead atoms. The first-order valence-corrected chi connectivity index (χ1v) is 10.2. The number of hydrogen-bond donors (Lipinski definition) is 2. The number of amides is 3. The number of carbonyl (C=O) groups excluding carboxylic acids is 2. The number of urea groups is 1. The number of aliphatic hydroxyl groups is 1. The molecule has 2 aliphatic rings. The molecule has 0 unspecified atom stereocenters. The predicted molar refractivity (Wildman–Crippen MR) is 112 cm³/mol. The van der Waals surface area contributed by atoms with E-state index in [0.717, 1.165) is 10.0 Å². The Morgan fingerprint density at radius 1 is 1.28 bits per heavy atom. The number of benzene rings is 2.